The van der Waals surface area contributed by atoms with Gasteiger partial charge in [-0.05, 0) is 20.0 Å². The Morgan fingerprint density at radius 2 is 2.19 bits per heavy atom. The molecule has 3 nitrogen and oxygen atoms in total. The van der Waals surface area contributed by atoms with Gasteiger partial charge in [-0.2, -0.15) is 0 Å². The Balaban J connectivity index is 2.81. The van der Waals surface area contributed by atoms with Crippen LogP contribution in [0.5, 0.6) is 11.5 Å². The molecule has 0 aromatic heterocycles. The first-order valence-corrected chi connectivity index (χ1v) is 5.37. The Labute approximate surface area is 97.1 Å². The van der Waals surface area contributed by atoms with Crippen molar-refractivity contribution in [3.05, 3.63) is 35.9 Å². The largest absolute Gasteiger partial charge is 0.497 e. The molecule has 0 bridgehead atoms. The normalized spacial score (nSPS) is 10.7. The number of methoxy groups -OCH3 is 1. The lowest BCUT2D eigenvalue weighted by Crippen LogP contribution is -2.07. The first-order chi connectivity index (χ1) is 7.81. The Bertz CT molecular complexity index is 348. The molecule has 0 aliphatic heterocycles. The van der Waals surface area contributed by atoms with E-state index in [9.17, 15) is 0 Å². The Kier molecular flexibility index (Phi) is 5.43. The van der Waals surface area contributed by atoms with E-state index >= 15 is 0 Å². The summed E-state index contributed by atoms with van der Waals surface area (Å²) in [5.74, 6) is 1.68. The lowest BCUT2D eigenvalue weighted by molar-refractivity contribution is 0.352. The zero-order chi connectivity index (χ0) is 11.8. The van der Waals surface area contributed by atoms with Gasteiger partial charge in [-0.1, -0.05) is 18.2 Å². The van der Waals surface area contributed by atoms with Gasteiger partial charge in [0.25, 0.3) is 0 Å². The molecule has 1 N–H and O–H groups in total. The molecule has 0 saturated carbocycles. The molecule has 16 heavy (non-hydrogen) atoms. The van der Waals surface area contributed by atoms with E-state index in [2.05, 4.69) is 5.32 Å². The average molecular weight is 221 g/mol. The topological polar surface area (TPSA) is 30.5 Å². The van der Waals surface area contributed by atoms with Gasteiger partial charge >= 0.3 is 0 Å². The maximum atomic E-state index is 5.67. The predicted octanol–water partition coefficient (Wildman–Crippen LogP) is 2.37. The van der Waals surface area contributed by atoms with Crippen LogP contribution in [-0.2, 0) is 6.54 Å². The molecule has 0 saturated heterocycles. The zero-order valence-electron chi connectivity index (χ0n) is 10.1. The minimum atomic E-state index is 0.584. The quantitative estimate of drug-likeness (QED) is 0.748. The highest BCUT2D eigenvalue weighted by Gasteiger charge is 2.04. The standard InChI is InChI=1S/C13H19NO2/c1-4-5-8-16-13-9-12(15-3)7-6-11(13)10-14-2/h4-7,9,14H,8,10H2,1-3H3. The molecule has 0 aliphatic rings. The summed E-state index contributed by atoms with van der Waals surface area (Å²) in [7, 11) is 3.57. The maximum absolute atomic E-state index is 5.67. The lowest BCUT2D eigenvalue weighted by Gasteiger charge is -2.11. The molecule has 1 rings (SSSR count). The molecule has 1 aromatic rings. The lowest BCUT2D eigenvalue weighted by atomic mass is 10.2. The van der Waals surface area contributed by atoms with Gasteiger partial charge in [0.05, 0.1) is 7.11 Å². The van der Waals surface area contributed by atoms with E-state index in [1.165, 1.54) is 0 Å². The smallest absolute Gasteiger partial charge is 0.127 e. The maximum Gasteiger partial charge on any atom is 0.127 e. The SMILES string of the molecule is CC=CCOc1cc(OC)ccc1CNC. The summed E-state index contributed by atoms with van der Waals surface area (Å²) in [4.78, 5) is 0. The molecule has 1 aromatic carbocycles. The third-order valence-electron chi connectivity index (χ3n) is 2.21. The number of benzene rings is 1. The summed E-state index contributed by atoms with van der Waals surface area (Å²) in [5, 5.41) is 3.11. The van der Waals surface area contributed by atoms with Crippen LogP contribution in [0.25, 0.3) is 0 Å². The number of rotatable bonds is 6. The molecule has 0 spiro atoms. The number of hydrogen-bond donors (Lipinski definition) is 1. The molecule has 0 aliphatic carbocycles. The van der Waals surface area contributed by atoms with Crippen LogP contribution in [0.15, 0.2) is 30.4 Å². The summed E-state index contributed by atoms with van der Waals surface area (Å²) < 4.78 is 10.8. The van der Waals surface area contributed by atoms with Crippen molar-refractivity contribution in [3.8, 4) is 11.5 Å². The van der Waals surface area contributed by atoms with Crippen LogP contribution in [0, 0.1) is 0 Å². The van der Waals surface area contributed by atoms with Gasteiger partial charge in [-0.15, -0.1) is 0 Å². The Morgan fingerprint density at radius 3 is 2.81 bits per heavy atom. The van der Waals surface area contributed by atoms with Crippen molar-refractivity contribution in [3.63, 3.8) is 0 Å². The molecular formula is C13H19NO2. The number of allylic oxidation sites excluding steroid dienone is 1. The van der Waals surface area contributed by atoms with E-state index in [1.807, 2.05) is 44.3 Å². The van der Waals surface area contributed by atoms with Crippen LogP contribution < -0.4 is 14.8 Å². The first-order valence-electron chi connectivity index (χ1n) is 5.37. The third kappa shape index (κ3) is 3.59. The van der Waals surface area contributed by atoms with Crippen molar-refractivity contribution in [2.24, 2.45) is 0 Å². The molecule has 0 heterocycles. The van der Waals surface area contributed by atoms with E-state index in [-0.39, 0.29) is 0 Å². The summed E-state index contributed by atoms with van der Waals surface area (Å²) in [6, 6.07) is 5.87. The first kappa shape index (κ1) is 12.6. The predicted molar refractivity (Wildman–Crippen MR) is 66.1 cm³/mol. The van der Waals surface area contributed by atoms with E-state index in [0.29, 0.717) is 6.61 Å². The van der Waals surface area contributed by atoms with Gasteiger partial charge in [0.15, 0.2) is 0 Å². The van der Waals surface area contributed by atoms with Gasteiger partial charge in [0.2, 0.25) is 0 Å². The van der Waals surface area contributed by atoms with Gasteiger partial charge in [-0.3, -0.25) is 0 Å². The molecule has 3 heteroatoms. The summed E-state index contributed by atoms with van der Waals surface area (Å²) in [5.41, 5.74) is 1.13. The summed E-state index contributed by atoms with van der Waals surface area (Å²) in [6.45, 7) is 3.35. The van der Waals surface area contributed by atoms with Gasteiger partial charge in [0.1, 0.15) is 18.1 Å². The fourth-order valence-electron chi connectivity index (χ4n) is 1.37. The van der Waals surface area contributed by atoms with E-state index in [4.69, 9.17) is 9.47 Å². The molecule has 0 fully saturated rings. The van der Waals surface area contributed by atoms with Crippen molar-refractivity contribution >= 4 is 0 Å². The van der Waals surface area contributed by atoms with Crippen LogP contribution in [0.1, 0.15) is 12.5 Å². The highest BCUT2D eigenvalue weighted by atomic mass is 16.5. The van der Waals surface area contributed by atoms with E-state index < -0.39 is 0 Å². The summed E-state index contributed by atoms with van der Waals surface area (Å²) in [6.07, 6.45) is 3.94. The van der Waals surface area contributed by atoms with Gasteiger partial charge in [0, 0.05) is 18.2 Å². The van der Waals surface area contributed by atoms with Crippen LogP contribution in [0.4, 0.5) is 0 Å². The number of nitrogens with one attached hydrogen (secondary N) is 1. The highest BCUT2D eigenvalue weighted by molar-refractivity contribution is 5.40. The van der Waals surface area contributed by atoms with Crippen molar-refractivity contribution < 1.29 is 9.47 Å². The van der Waals surface area contributed by atoms with Crippen molar-refractivity contribution in [1.82, 2.24) is 5.32 Å². The van der Waals surface area contributed by atoms with Crippen LogP contribution in [-0.4, -0.2) is 20.8 Å². The zero-order valence-corrected chi connectivity index (χ0v) is 10.1. The molecule has 88 valence electrons. The second-order valence-corrected chi connectivity index (χ2v) is 3.38. The number of ether oxygens (including phenoxy) is 2. The molecular weight excluding hydrogens is 202 g/mol. The fraction of sp³-hybridized carbons (Fsp3) is 0.385. The second-order valence-electron chi connectivity index (χ2n) is 3.38. The van der Waals surface area contributed by atoms with Crippen LogP contribution in [0.3, 0.4) is 0 Å². The number of hydrogen-bond acceptors (Lipinski definition) is 3. The molecule has 0 unspecified atom stereocenters. The molecule has 0 amide bonds. The highest BCUT2D eigenvalue weighted by Crippen LogP contribution is 2.24. The Hall–Kier alpha value is -1.48. The van der Waals surface area contributed by atoms with Gasteiger partial charge in [-0.25, -0.2) is 0 Å². The summed E-state index contributed by atoms with van der Waals surface area (Å²) >= 11 is 0. The molecule has 0 atom stereocenters. The minimum Gasteiger partial charge on any atom is -0.497 e. The van der Waals surface area contributed by atoms with Crippen molar-refractivity contribution in [1.29, 1.82) is 0 Å². The Morgan fingerprint density at radius 1 is 1.38 bits per heavy atom. The average Bonchev–Trinajstić information content (AvgIpc) is 2.31. The van der Waals surface area contributed by atoms with Crippen molar-refractivity contribution in [2.75, 3.05) is 20.8 Å². The molecule has 0 radical (unpaired) electrons. The van der Waals surface area contributed by atoms with E-state index in [0.717, 1.165) is 23.6 Å². The third-order valence-corrected chi connectivity index (χ3v) is 2.21. The minimum absolute atomic E-state index is 0.584. The van der Waals surface area contributed by atoms with Crippen molar-refractivity contribution in [2.45, 2.75) is 13.5 Å². The van der Waals surface area contributed by atoms with E-state index in [1.54, 1.807) is 7.11 Å². The van der Waals surface area contributed by atoms with Gasteiger partial charge < -0.3 is 14.8 Å². The van der Waals surface area contributed by atoms with Crippen LogP contribution in [0.2, 0.25) is 0 Å². The van der Waals surface area contributed by atoms with Crippen LogP contribution >= 0.6 is 0 Å². The monoisotopic (exact) mass is 221 g/mol. The second kappa shape index (κ2) is 6.90. The fourth-order valence-corrected chi connectivity index (χ4v) is 1.37.